The van der Waals surface area contributed by atoms with Crippen molar-refractivity contribution in [3.05, 3.63) is 24.3 Å². The second-order valence-corrected chi connectivity index (χ2v) is 5.56. The van der Waals surface area contributed by atoms with Gasteiger partial charge in [-0.05, 0) is 53.7 Å². The van der Waals surface area contributed by atoms with Crippen molar-refractivity contribution in [1.82, 2.24) is 4.90 Å². The van der Waals surface area contributed by atoms with E-state index in [4.69, 9.17) is 15.2 Å². The van der Waals surface area contributed by atoms with Gasteiger partial charge in [0.25, 0.3) is 5.96 Å². The molecular formula is C19H36N3O2+. The van der Waals surface area contributed by atoms with E-state index < -0.39 is 0 Å². The number of phenolic OH excluding ortho intramolecular Hbond substituents is 2. The van der Waals surface area contributed by atoms with E-state index in [1.807, 2.05) is 0 Å². The molecule has 1 aromatic carbocycles. The zero-order valence-corrected chi connectivity index (χ0v) is 16.3. The first-order valence-electron chi connectivity index (χ1n) is 9.08. The lowest BCUT2D eigenvalue weighted by molar-refractivity contribution is -0.841. The molecule has 0 radical (unpaired) electrons. The Bertz CT molecular complexity index is 456. The fourth-order valence-corrected chi connectivity index (χ4v) is 2.79. The minimum Gasteiger partial charge on any atom is -0.508 e. The molecule has 0 aromatic heterocycles. The van der Waals surface area contributed by atoms with Crippen LogP contribution in [0.15, 0.2) is 29.3 Å². The molecule has 0 amide bonds. The molecule has 0 heterocycles. The van der Waals surface area contributed by atoms with Crippen molar-refractivity contribution in [2.45, 2.75) is 41.5 Å². The van der Waals surface area contributed by atoms with E-state index in [1.54, 1.807) is 6.07 Å². The van der Waals surface area contributed by atoms with Gasteiger partial charge in [-0.15, -0.1) is 0 Å². The van der Waals surface area contributed by atoms with Crippen LogP contribution in [0.2, 0.25) is 0 Å². The van der Waals surface area contributed by atoms with E-state index >= 15 is 0 Å². The first-order chi connectivity index (χ1) is 11.4. The highest BCUT2D eigenvalue weighted by Gasteiger charge is 2.32. The summed E-state index contributed by atoms with van der Waals surface area (Å²) in [6.07, 6.45) is 0. The van der Waals surface area contributed by atoms with Crippen molar-refractivity contribution < 1.29 is 14.7 Å². The summed E-state index contributed by atoms with van der Waals surface area (Å²) in [7, 11) is 0. The van der Waals surface area contributed by atoms with Gasteiger partial charge in [-0.25, -0.2) is 4.99 Å². The summed E-state index contributed by atoms with van der Waals surface area (Å²) in [6, 6.07) is 5.85. The number of aromatic hydroxyl groups is 2. The summed E-state index contributed by atoms with van der Waals surface area (Å²) in [5.74, 6) is 1.45. The Morgan fingerprint density at radius 2 is 1.38 bits per heavy atom. The zero-order chi connectivity index (χ0) is 18.6. The maximum atomic E-state index is 8.65. The van der Waals surface area contributed by atoms with Gasteiger partial charge in [-0.2, -0.15) is 0 Å². The Balaban J connectivity index is 0.000000546. The third kappa shape index (κ3) is 6.40. The van der Waals surface area contributed by atoms with E-state index in [-0.39, 0.29) is 11.5 Å². The Hall–Kier alpha value is -1.75. The van der Waals surface area contributed by atoms with Gasteiger partial charge >= 0.3 is 0 Å². The molecule has 0 atom stereocenters. The summed E-state index contributed by atoms with van der Waals surface area (Å²) in [5, 5.41) is 17.3. The smallest absolute Gasteiger partial charge is 0.300 e. The predicted octanol–water partition coefficient (Wildman–Crippen LogP) is 3.68. The largest absolute Gasteiger partial charge is 0.508 e. The van der Waals surface area contributed by atoms with Crippen molar-refractivity contribution >= 4 is 5.96 Å². The number of guanidine groups is 1. The van der Waals surface area contributed by atoms with Gasteiger partial charge in [0.05, 0.1) is 19.6 Å². The third-order valence-corrected chi connectivity index (χ3v) is 4.42. The molecule has 1 aromatic rings. The molecule has 24 heavy (non-hydrogen) atoms. The van der Waals surface area contributed by atoms with E-state index in [1.165, 1.54) is 24.2 Å². The molecule has 0 aliphatic carbocycles. The van der Waals surface area contributed by atoms with Crippen LogP contribution in [0.4, 0.5) is 0 Å². The van der Waals surface area contributed by atoms with Crippen LogP contribution >= 0.6 is 0 Å². The SMILES string of the molecule is CCN=C(N(CC)CC)[N+](CC)(CC)CC.Oc1cccc(O)c1. The average Bonchev–Trinajstić information content (AvgIpc) is 2.58. The van der Waals surface area contributed by atoms with E-state index in [2.05, 4.69) is 46.4 Å². The fourth-order valence-electron chi connectivity index (χ4n) is 2.79. The quantitative estimate of drug-likeness (QED) is 0.473. The number of hydrogen-bond acceptors (Lipinski definition) is 3. The van der Waals surface area contributed by atoms with Crippen molar-refractivity contribution in [3.8, 4) is 11.5 Å². The first kappa shape index (κ1) is 22.2. The van der Waals surface area contributed by atoms with Gasteiger partial charge < -0.3 is 15.1 Å². The number of benzene rings is 1. The molecule has 0 unspecified atom stereocenters. The number of nitrogens with zero attached hydrogens (tertiary/aromatic N) is 3. The molecule has 5 nitrogen and oxygen atoms in total. The van der Waals surface area contributed by atoms with Crippen LogP contribution in [0, 0.1) is 0 Å². The van der Waals surface area contributed by atoms with Crippen molar-refractivity contribution in [3.63, 3.8) is 0 Å². The number of quaternary nitrogens is 1. The number of hydrogen-bond donors (Lipinski definition) is 2. The highest BCUT2D eigenvalue weighted by atomic mass is 16.3. The molecule has 138 valence electrons. The van der Waals surface area contributed by atoms with Crippen LogP contribution in [-0.2, 0) is 0 Å². The number of aliphatic imine (C=N–C) groups is 1. The standard InChI is InChI=1S/C13H30N3.C6H6O2/c1-7-14-13(15(8-2)9-3)16(10-4,11-5)12-6;7-5-2-1-3-6(8)4-5/h7-12H2,1-6H3;1-4,7-8H/q+1;. The molecule has 0 spiro atoms. The maximum absolute atomic E-state index is 8.65. The highest BCUT2D eigenvalue weighted by molar-refractivity contribution is 5.73. The van der Waals surface area contributed by atoms with Crippen LogP contribution < -0.4 is 0 Å². The summed E-state index contributed by atoms with van der Waals surface area (Å²) in [4.78, 5) is 7.17. The third-order valence-electron chi connectivity index (χ3n) is 4.42. The lowest BCUT2D eigenvalue weighted by atomic mass is 10.3. The summed E-state index contributed by atoms with van der Waals surface area (Å²) in [6.45, 7) is 19.7. The van der Waals surface area contributed by atoms with Crippen molar-refractivity contribution in [2.24, 2.45) is 4.99 Å². The molecule has 0 bridgehead atoms. The Labute approximate surface area is 147 Å². The molecule has 1 rings (SSSR count). The highest BCUT2D eigenvalue weighted by Crippen LogP contribution is 2.15. The summed E-state index contributed by atoms with van der Waals surface area (Å²) in [5.41, 5.74) is 0. The topological polar surface area (TPSA) is 56.1 Å². The van der Waals surface area contributed by atoms with Crippen LogP contribution in [0.3, 0.4) is 0 Å². The van der Waals surface area contributed by atoms with Gasteiger partial charge in [0.15, 0.2) is 0 Å². The van der Waals surface area contributed by atoms with E-state index in [0.717, 1.165) is 43.8 Å². The molecule has 2 N–H and O–H groups in total. The van der Waals surface area contributed by atoms with Crippen molar-refractivity contribution in [2.75, 3.05) is 39.3 Å². The number of rotatable bonds is 6. The minimum absolute atomic E-state index is 0.0880. The molecule has 0 aliphatic rings. The van der Waals surface area contributed by atoms with Crippen LogP contribution in [0.5, 0.6) is 11.5 Å². The van der Waals surface area contributed by atoms with Crippen LogP contribution in [0.25, 0.3) is 0 Å². The lowest BCUT2D eigenvalue weighted by Crippen LogP contribution is -2.59. The van der Waals surface area contributed by atoms with Crippen LogP contribution in [-0.4, -0.2) is 64.8 Å². The summed E-state index contributed by atoms with van der Waals surface area (Å²) < 4.78 is 1.01. The Kier molecular flexibility index (Phi) is 10.9. The summed E-state index contributed by atoms with van der Waals surface area (Å²) >= 11 is 0. The maximum Gasteiger partial charge on any atom is 0.300 e. The monoisotopic (exact) mass is 338 g/mol. The minimum atomic E-state index is 0.0880. The molecular weight excluding hydrogens is 302 g/mol. The Morgan fingerprint density at radius 1 is 0.917 bits per heavy atom. The van der Waals surface area contributed by atoms with Gasteiger partial charge in [0.1, 0.15) is 11.5 Å². The second-order valence-electron chi connectivity index (χ2n) is 5.56. The molecule has 5 heteroatoms. The van der Waals surface area contributed by atoms with Gasteiger partial charge in [-0.3, -0.25) is 4.48 Å². The molecule has 0 saturated heterocycles. The first-order valence-corrected chi connectivity index (χ1v) is 9.08. The van der Waals surface area contributed by atoms with Gasteiger partial charge in [0.2, 0.25) is 0 Å². The van der Waals surface area contributed by atoms with Gasteiger partial charge in [0, 0.05) is 25.7 Å². The molecule has 0 fully saturated rings. The van der Waals surface area contributed by atoms with Crippen LogP contribution in [0.1, 0.15) is 41.5 Å². The predicted molar refractivity (Wildman–Crippen MR) is 103 cm³/mol. The van der Waals surface area contributed by atoms with Crippen molar-refractivity contribution in [1.29, 1.82) is 0 Å². The van der Waals surface area contributed by atoms with E-state index in [9.17, 15) is 0 Å². The fraction of sp³-hybridized carbons (Fsp3) is 0.632. The van der Waals surface area contributed by atoms with E-state index in [0.29, 0.717) is 0 Å². The number of phenols is 2. The molecule has 0 aliphatic heterocycles. The Morgan fingerprint density at radius 3 is 1.62 bits per heavy atom. The zero-order valence-electron chi connectivity index (χ0n) is 16.3. The average molecular weight is 339 g/mol. The molecule has 0 saturated carbocycles. The normalized spacial score (nSPS) is 11.7. The van der Waals surface area contributed by atoms with Gasteiger partial charge in [-0.1, -0.05) is 6.07 Å². The lowest BCUT2D eigenvalue weighted by Gasteiger charge is -2.39. The second kappa shape index (κ2) is 11.7.